The van der Waals surface area contributed by atoms with Crippen LogP contribution < -0.4 is 19.1 Å². The molecule has 1 atom stereocenters. The monoisotopic (exact) mass is 473 g/mol. The molecule has 0 radical (unpaired) electrons. The van der Waals surface area contributed by atoms with Gasteiger partial charge in [0.05, 0.1) is 24.1 Å². The first-order valence-electron chi connectivity index (χ1n) is 9.06. The lowest BCUT2D eigenvalue weighted by atomic mass is 10.2. The molecule has 1 saturated heterocycles. The summed E-state index contributed by atoms with van der Waals surface area (Å²) in [7, 11) is -2.64. The van der Waals surface area contributed by atoms with Crippen LogP contribution in [0.3, 0.4) is 0 Å². The Kier molecular flexibility index (Phi) is 6.27. The molecule has 0 saturated carbocycles. The number of carbonyl (C=O) groups is 2. The molecule has 32 heavy (non-hydrogen) atoms. The summed E-state index contributed by atoms with van der Waals surface area (Å²) in [6.07, 6.45) is -2.21. The van der Waals surface area contributed by atoms with Crippen molar-refractivity contribution in [2.75, 3.05) is 16.7 Å². The number of nitrogens with one attached hydrogen (secondary N) is 2. The Bertz CT molecular complexity index is 1120. The van der Waals surface area contributed by atoms with Gasteiger partial charge in [0.25, 0.3) is 16.1 Å². The number of imide groups is 1. The van der Waals surface area contributed by atoms with Crippen molar-refractivity contribution in [3.05, 3.63) is 48.3 Å². The Morgan fingerprint density at radius 1 is 1.16 bits per heavy atom. The molecule has 3 rings (SSSR count). The Morgan fingerprint density at radius 3 is 2.41 bits per heavy atom. The van der Waals surface area contributed by atoms with E-state index in [9.17, 15) is 31.2 Å². The molecule has 1 aromatic carbocycles. The summed E-state index contributed by atoms with van der Waals surface area (Å²) >= 11 is 0. The Balaban J connectivity index is 1.83. The average Bonchev–Trinajstić information content (AvgIpc) is 2.92. The predicted molar refractivity (Wildman–Crippen MR) is 107 cm³/mol. The van der Waals surface area contributed by atoms with Gasteiger partial charge < -0.3 is 9.64 Å². The van der Waals surface area contributed by atoms with Gasteiger partial charge in [0.2, 0.25) is 0 Å². The second-order valence-corrected chi connectivity index (χ2v) is 8.26. The van der Waals surface area contributed by atoms with E-state index in [1.54, 1.807) is 0 Å². The molecule has 1 aliphatic rings. The highest BCUT2D eigenvalue weighted by molar-refractivity contribution is 7.90. The van der Waals surface area contributed by atoms with Crippen LogP contribution in [0.15, 0.2) is 42.7 Å². The van der Waals surface area contributed by atoms with E-state index < -0.39 is 40.3 Å². The molecule has 1 fully saturated rings. The van der Waals surface area contributed by atoms with Crippen molar-refractivity contribution in [3.63, 3.8) is 0 Å². The van der Waals surface area contributed by atoms with E-state index in [1.807, 2.05) is 0 Å². The zero-order valence-corrected chi connectivity index (χ0v) is 17.6. The van der Waals surface area contributed by atoms with Gasteiger partial charge in [-0.2, -0.15) is 8.42 Å². The highest BCUT2D eigenvalue weighted by atomic mass is 32.2. The predicted octanol–water partition coefficient (Wildman–Crippen LogP) is 2.21. The van der Waals surface area contributed by atoms with E-state index in [0.717, 1.165) is 29.2 Å². The fourth-order valence-electron chi connectivity index (χ4n) is 2.98. The molecular formula is C18H18F3N5O5S. The van der Waals surface area contributed by atoms with Crippen molar-refractivity contribution in [2.45, 2.75) is 25.9 Å². The van der Waals surface area contributed by atoms with E-state index in [-0.39, 0.29) is 17.9 Å². The minimum atomic E-state index is -4.87. The Hall–Kier alpha value is -3.39. The van der Waals surface area contributed by atoms with E-state index in [4.69, 9.17) is 0 Å². The molecule has 14 heteroatoms. The van der Waals surface area contributed by atoms with Crippen LogP contribution in [0, 0.1) is 0 Å². The average molecular weight is 473 g/mol. The van der Waals surface area contributed by atoms with Crippen LogP contribution in [-0.2, 0) is 21.5 Å². The number of aromatic nitrogens is 1. The maximum absolute atomic E-state index is 13.0. The van der Waals surface area contributed by atoms with Gasteiger partial charge in [0.15, 0.2) is 0 Å². The number of urea groups is 1. The quantitative estimate of drug-likeness (QED) is 0.595. The maximum Gasteiger partial charge on any atom is 0.573 e. The number of benzene rings is 1. The van der Waals surface area contributed by atoms with Crippen LogP contribution in [0.2, 0.25) is 0 Å². The first-order chi connectivity index (χ1) is 14.9. The summed E-state index contributed by atoms with van der Waals surface area (Å²) < 4.78 is 68.8. The highest BCUT2D eigenvalue weighted by Gasteiger charge is 2.43. The SMILES string of the molecule is CNS(=O)(=O)Nc1cnccc1CN1C(=O)N(c2ccc(OC(F)(F)F)cc2)C(=O)C1C. The molecule has 1 unspecified atom stereocenters. The summed E-state index contributed by atoms with van der Waals surface area (Å²) in [5.74, 6) is -1.09. The summed E-state index contributed by atoms with van der Waals surface area (Å²) in [4.78, 5) is 31.6. The smallest absolute Gasteiger partial charge is 0.406 e. The third-order valence-corrected chi connectivity index (χ3v) is 5.60. The fourth-order valence-corrected chi connectivity index (χ4v) is 3.56. The van der Waals surface area contributed by atoms with E-state index in [0.29, 0.717) is 5.56 Å². The third-order valence-electron chi connectivity index (χ3n) is 4.58. The number of rotatable bonds is 7. The van der Waals surface area contributed by atoms with Crippen molar-refractivity contribution in [2.24, 2.45) is 0 Å². The van der Waals surface area contributed by atoms with Crippen molar-refractivity contribution in [1.29, 1.82) is 0 Å². The van der Waals surface area contributed by atoms with Gasteiger partial charge in [0, 0.05) is 13.2 Å². The van der Waals surface area contributed by atoms with Crippen LogP contribution in [0.5, 0.6) is 5.75 Å². The number of hydrogen-bond acceptors (Lipinski definition) is 6. The standard InChI is InChI=1S/C18H18F3N5O5S/c1-11-16(27)26(13-3-5-14(6-4-13)31-18(19,20)21)17(28)25(11)10-12-7-8-23-9-15(12)24-32(29,30)22-2/h3-9,11,22,24H,10H2,1-2H3. The number of carbonyl (C=O) groups excluding carboxylic acids is 2. The molecule has 0 spiro atoms. The highest BCUT2D eigenvalue weighted by Crippen LogP contribution is 2.30. The second kappa shape index (κ2) is 8.63. The number of anilines is 2. The number of halogens is 3. The molecule has 2 N–H and O–H groups in total. The van der Waals surface area contributed by atoms with Crippen LogP contribution in [-0.4, -0.2) is 49.7 Å². The third kappa shape index (κ3) is 5.08. The Labute approximate surface area is 181 Å². The molecule has 1 aliphatic heterocycles. The maximum atomic E-state index is 13.0. The lowest BCUT2D eigenvalue weighted by Crippen LogP contribution is -2.34. The van der Waals surface area contributed by atoms with E-state index >= 15 is 0 Å². The van der Waals surface area contributed by atoms with Gasteiger partial charge in [-0.05, 0) is 42.8 Å². The van der Waals surface area contributed by atoms with Gasteiger partial charge in [-0.1, -0.05) is 0 Å². The number of ether oxygens (including phenoxy) is 1. The summed E-state index contributed by atoms with van der Waals surface area (Å²) in [5, 5.41) is 0. The summed E-state index contributed by atoms with van der Waals surface area (Å²) in [5.41, 5.74) is 0.554. The first-order valence-corrected chi connectivity index (χ1v) is 10.5. The zero-order valence-electron chi connectivity index (χ0n) is 16.8. The molecule has 2 heterocycles. The van der Waals surface area contributed by atoms with Gasteiger partial charge in [-0.3, -0.25) is 14.5 Å². The number of pyridine rings is 1. The number of amides is 3. The molecule has 1 aromatic heterocycles. The normalized spacial score (nSPS) is 17.1. The molecular weight excluding hydrogens is 455 g/mol. The summed E-state index contributed by atoms with van der Waals surface area (Å²) in [6, 6.07) is 4.16. The van der Waals surface area contributed by atoms with Gasteiger partial charge in [-0.25, -0.2) is 14.4 Å². The lowest BCUT2D eigenvalue weighted by Gasteiger charge is -2.21. The van der Waals surface area contributed by atoms with Gasteiger partial charge >= 0.3 is 12.4 Å². The van der Waals surface area contributed by atoms with E-state index in [2.05, 4.69) is 19.2 Å². The molecule has 10 nitrogen and oxygen atoms in total. The van der Waals surface area contributed by atoms with Crippen LogP contribution >= 0.6 is 0 Å². The van der Waals surface area contributed by atoms with Gasteiger partial charge in [-0.15, -0.1) is 13.2 Å². The largest absolute Gasteiger partial charge is 0.573 e. The minimum Gasteiger partial charge on any atom is -0.406 e. The minimum absolute atomic E-state index is 0.0645. The van der Waals surface area contributed by atoms with Crippen LogP contribution in [0.1, 0.15) is 12.5 Å². The number of alkyl halides is 3. The molecule has 0 aliphatic carbocycles. The second-order valence-electron chi connectivity index (χ2n) is 6.64. The number of nitrogens with zero attached hydrogens (tertiary/aromatic N) is 3. The van der Waals surface area contributed by atoms with Crippen molar-refractivity contribution >= 4 is 33.5 Å². The number of hydrogen-bond donors (Lipinski definition) is 2. The lowest BCUT2D eigenvalue weighted by molar-refractivity contribution is -0.274. The molecule has 172 valence electrons. The molecule has 2 aromatic rings. The van der Waals surface area contributed by atoms with E-state index in [1.165, 1.54) is 37.3 Å². The summed E-state index contributed by atoms with van der Waals surface area (Å²) in [6.45, 7) is 1.36. The van der Waals surface area contributed by atoms with Crippen LogP contribution in [0.4, 0.5) is 29.3 Å². The first kappa shape index (κ1) is 23.3. The van der Waals surface area contributed by atoms with Crippen LogP contribution in [0.25, 0.3) is 0 Å². The molecule has 0 bridgehead atoms. The topological polar surface area (TPSA) is 121 Å². The van der Waals surface area contributed by atoms with Crippen molar-refractivity contribution < 1.29 is 35.9 Å². The fraction of sp³-hybridized carbons (Fsp3) is 0.278. The van der Waals surface area contributed by atoms with Crippen molar-refractivity contribution in [1.82, 2.24) is 14.6 Å². The Morgan fingerprint density at radius 2 is 1.81 bits per heavy atom. The molecule has 3 amide bonds. The van der Waals surface area contributed by atoms with Crippen molar-refractivity contribution in [3.8, 4) is 5.75 Å². The zero-order chi connectivity index (χ0) is 23.7. The van der Waals surface area contributed by atoms with Gasteiger partial charge in [0.1, 0.15) is 11.8 Å².